The summed E-state index contributed by atoms with van der Waals surface area (Å²) in [5, 5.41) is 9.69. The molecule has 1 fully saturated rings. The first-order chi connectivity index (χ1) is 10.0. The molecule has 1 aliphatic carbocycles. The molecule has 0 spiro atoms. The number of hydrogen-bond donors (Lipinski definition) is 1. The second-order valence-electron chi connectivity index (χ2n) is 6.38. The van der Waals surface area contributed by atoms with Crippen LogP contribution in [0.5, 0.6) is 0 Å². The van der Waals surface area contributed by atoms with Crippen molar-refractivity contribution in [1.82, 2.24) is 0 Å². The Morgan fingerprint density at radius 3 is 2.67 bits per heavy atom. The molecule has 2 rings (SSSR count). The summed E-state index contributed by atoms with van der Waals surface area (Å²) in [5.74, 6) is 0.314. The predicted molar refractivity (Wildman–Crippen MR) is 84.1 cm³/mol. The zero-order valence-electron chi connectivity index (χ0n) is 12.4. The smallest absolute Gasteiger partial charge is 0.137 e. The zero-order valence-corrected chi connectivity index (χ0v) is 14.0. The normalized spacial score (nSPS) is 24.6. The van der Waals surface area contributed by atoms with Crippen molar-refractivity contribution in [3.63, 3.8) is 0 Å². The van der Waals surface area contributed by atoms with E-state index in [1.807, 2.05) is 0 Å². The lowest BCUT2D eigenvalue weighted by Gasteiger charge is -2.25. The standard InChI is InChI=1S/C17H23BrF2O/c1-11-3-2-4-12(6-5-11)14(10-21)7-13-8-17(20)15(18)9-16(13)19/h8-9,11-12,14,21H,2-7,10H2,1H3. The van der Waals surface area contributed by atoms with E-state index in [4.69, 9.17) is 0 Å². The van der Waals surface area contributed by atoms with Gasteiger partial charge in [0.05, 0.1) is 4.47 Å². The van der Waals surface area contributed by atoms with Gasteiger partial charge >= 0.3 is 0 Å². The van der Waals surface area contributed by atoms with Crippen LogP contribution in [0, 0.1) is 29.4 Å². The molecule has 1 saturated carbocycles. The third-order valence-corrected chi connectivity index (χ3v) is 5.38. The summed E-state index contributed by atoms with van der Waals surface area (Å²) in [6.07, 6.45) is 6.13. The number of hydrogen-bond acceptors (Lipinski definition) is 1. The molecule has 3 unspecified atom stereocenters. The van der Waals surface area contributed by atoms with E-state index in [9.17, 15) is 13.9 Å². The van der Waals surface area contributed by atoms with E-state index < -0.39 is 11.6 Å². The zero-order chi connectivity index (χ0) is 15.4. The average molecular weight is 361 g/mol. The van der Waals surface area contributed by atoms with Crippen molar-refractivity contribution in [2.75, 3.05) is 6.61 Å². The second kappa shape index (κ2) is 7.68. The van der Waals surface area contributed by atoms with Crippen LogP contribution in [0.2, 0.25) is 0 Å². The highest BCUT2D eigenvalue weighted by Gasteiger charge is 2.25. The SMILES string of the molecule is CC1CCCC(C(CO)Cc2cc(F)c(Br)cc2F)CC1. The highest BCUT2D eigenvalue weighted by atomic mass is 79.9. The molecule has 1 aromatic carbocycles. The number of aliphatic hydroxyl groups excluding tert-OH is 1. The quantitative estimate of drug-likeness (QED) is 0.585. The number of rotatable bonds is 4. The first kappa shape index (κ1) is 16.9. The Kier molecular flexibility index (Phi) is 6.18. The minimum absolute atomic E-state index is 0.0189. The number of benzene rings is 1. The third kappa shape index (κ3) is 4.49. The van der Waals surface area contributed by atoms with Gasteiger partial charge in [-0.2, -0.15) is 0 Å². The van der Waals surface area contributed by atoms with Crippen LogP contribution in [0.1, 0.15) is 44.6 Å². The third-order valence-electron chi connectivity index (χ3n) is 4.77. The number of aliphatic hydroxyl groups is 1. The lowest BCUT2D eigenvalue weighted by atomic mass is 9.82. The van der Waals surface area contributed by atoms with Crippen molar-refractivity contribution < 1.29 is 13.9 Å². The fourth-order valence-electron chi connectivity index (χ4n) is 3.37. The van der Waals surface area contributed by atoms with Crippen molar-refractivity contribution in [3.8, 4) is 0 Å². The molecule has 4 heteroatoms. The Morgan fingerprint density at radius 2 is 1.95 bits per heavy atom. The summed E-state index contributed by atoms with van der Waals surface area (Å²) in [6.45, 7) is 2.30. The summed E-state index contributed by atoms with van der Waals surface area (Å²) in [4.78, 5) is 0. The molecule has 0 amide bonds. The van der Waals surface area contributed by atoms with Crippen LogP contribution in [0.15, 0.2) is 16.6 Å². The summed E-state index contributed by atoms with van der Waals surface area (Å²) >= 11 is 2.99. The highest BCUT2D eigenvalue weighted by molar-refractivity contribution is 9.10. The molecule has 1 N–H and O–H groups in total. The van der Waals surface area contributed by atoms with E-state index in [-0.39, 0.29) is 17.0 Å². The first-order valence-electron chi connectivity index (χ1n) is 7.75. The van der Waals surface area contributed by atoms with E-state index in [1.165, 1.54) is 31.4 Å². The van der Waals surface area contributed by atoms with Gasteiger partial charge in [0.2, 0.25) is 0 Å². The molecule has 1 aliphatic rings. The molecule has 0 radical (unpaired) electrons. The molecule has 0 aromatic heterocycles. The van der Waals surface area contributed by atoms with Gasteiger partial charge in [0.15, 0.2) is 0 Å². The van der Waals surface area contributed by atoms with Gasteiger partial charge in [0, 0.05) is 6.61 Å². The van der Waals surface area contributed by atoms with E-state index >= 15 is 0 Å². The molecule has 1 aromatic rings. The van der Waals surface area contributed by atoms with Crippen LogP contribution in [-0.4, -0.2) is 11.7 Å². The minimum Gasteiger partial charge on any atom is -0.396 e. The lowest BCUT2D eigenvalue weighted by molar-refractivity contribution is 0.161. The van der Waals surface area contributed by atoms with Crippen molar-refractivity contribution >= 4 is 15.9 Å². The van der Waals surface area contributed by atoms with Gasteiger partial charge in [0.25, 0.3) is 0 Å². The summed E-state index contributed by atoms with van der Waals surface area (Å²) in [5.41, 5.74) is 0.368. The van der Waals surface area contributed by atoms with Crippen molar-refractivity contribution in [3.05, 3.63) is 33.8 Å². The van der Waals surface area contributed by atoms with Crippen molar-refractivity contribution in [2.24, 2.45) is 17.8 Å². The molecule has 0 aliphatic heterocycles. The molecule has 0 heterocycles. The molecular weight excluding hydrogens is 338 g/mol. The fourth-order valence-corrected chi connectivity index (χ4v) is 3.69. The van der Waals surface area contributed by atoms with Crippen LogP contribution in [-0.2, 0) is 6.42 Å². The molecule has 118 valence electrons. The molecule has 0 bridgehead atoms. The maximum atomic E-state index is 14.0. The molecule has 21 heavy (non-hydrogen) atoms. The largest absolute Gasteiger partial charge is 0.396 e. The Labute approximate surface area is 133 Å². The Hall–Kier alpha value is -0.480. The predicted octanol–water partition coefficient (Wildman–Crippen LogP) is 5.09. The molecular formula is C17H23BrF2O. The second-order valence-corrected chi connectivity index (χ2v) is 7.23. The maximum Gasteiger partial charge on any atom is 0.137 e. The van der Waals surface area contributed by atoms with Gasteiger partial charge in [-0.05, 0) is 64.2 Å². The summed E-state index contributed by atoms with van der Waals surface area (Å²) in [7, 11) is 0. The van der Waals surface area contributed by atoms with E-state index in [0.29, 0.717) is 17.9 Å². The van der Waals surface area contributed by atoms with Gasteiger partial charge in [-0.15, -0.1) is 0 Å². The molecule has 0 saturated heterocycles. The molecule has 1 nitrogen and oxygen atoms in total. The van der Waals surface area contributed by atoms with Gasteiger partial charge < -0.3 is 5.11 Å². The van der Waals surface area contributed by atoms with Crippen LogP contribution < -0.4 is 0 Å². The van der Waals surface area contributed by atoms with Crippen LogP contribution >= 0.6 is 15.9 Å². The highest BCUT2D eigenvalue weighted by Crippen LogP contribution is 2.34. The summed E-state index contributed by atoms with van der Waals surface area (Å²) in [6, 6.07) is 2.43. The van der Waals surface area contributed by atoms with Crippen molar-refractivity contribution in [2.45, 2.75) is 45.4 Å². The monoisotopic (exact) mass is 360 g/mol. The van der Waals surface area contributed by atoms with Gasteiger partial charge in [0.1, 0.15) is 11.6 Å². The first-order valence-corrected chi connectivity index (χ1v) is 8.54. The Bertz CT molecular complexity index is 478. The van der Waals surface area contributed by atoms with Crippen LogP contribution in [0.4, 0.5) is 8.78 Å². The fraction of sp³-hybridized carbons (Fsp3) is 0.647. The van der Waals surface area contributed by atoms with E-state index in [0.717, 1.165) is 18.8 Å². The maximum absolute atomic E-state index is 14.0. The van der Waals surface area contributed by atoms with Gasteiger partial charge in [-0.3, -0.25) is 0 Å². The number of halogens is 3. The molecule has 3 atom stereocenters. The topological polar surface area (TPSA) is 20.2 Å². The van der Waals surface area contributed by atoms with Gasteiger partial charge in [-0.25, -0.2) is 8.78 Å². The summed E-state index contributed by atoms with van der Waals surface area (Å²) < 4.78 is 27.7. The Balaban J connectivity index is 2.10. The minimum atomic E-state index is -0.447. The lowest BCUT2D eigenvalue weighted by Crippen LogP contribution is -2.21. The van der Waals surface area contributed by atoms with Crippen molar-refractivity contribution in [1.29, 1.82) is 0 Å². The average Bonchev–Trinajstić information content (AvgIpc) is 2.66. The van der Waals surface area contributed by atoms with Crippen LogP contribution in [0.3, 0.4) is 0 Å². The van der Waals surface area contributed by atoms with Crippen LogP contribution in [0.25, 0.3) is 0 Å². The van der Waals surface area contributed by atoms with Gasteiger partial charge in [-0.1, -0.05) is 32.6 Å². The van der Waals surface area contributed by atoms with E-state index in [2.05, 4.69) is 22.9 Å². The Morgan fingerprint density at radius 1 is 1.19 bits per heavy atom. The van der Waals surface area contributed by atoms with E-state index in [1.54, 1.807) is 0 Å².